The van der Waals surface area contributed by atoms with Crippen molar-refractivity contribution in [3.8, 4) is 0 Å². The van der Waals surface area contributed by atoms with Crippen LogP contribution in [-0.4, -0.2) is 69.0 Å². The van der Waals surface area contributed by atoms with Gasteiger partial charge < -0.3 is 0 Å². The second-order valence-corrected chi connectivity index (χ2v) is 11.1. The van der Waals surface area contributed by atoms with Crippen molar-refractivity contribution in [2.75, 3.05) is 30.9 Å². The number of piperazine rings is 1. The first-order valence-corrected chi connectivity index (χ1v) is 11.7. The maximum Gasteiger partial charge on any atom is 0.211 e. The van der Waals surface area contributed by atoms with Gasteiger partial charge in [0.25, 0.3) is 0 Å². The first-order valence-electron chi connectivity index (χ1n) is 8.04. The van der Waals surface area contributed by atoms with Gasteiger partial charge in [-0.25, -0.2) is 16.8 Å². The third kappa shape index (κ3) is 3.66. The largest absolute Gasteiger partial charge is 0.292 e. The van der Waals surface area contributed by atoms with Gasteiger partial charge in [-0.15, -0.1) is 0 Å². The Labute approximate surface area is 144 Å². The Morgan fingerprint density at radius 3 is 2.21 bits per heavy atom. The lowest BCUT2D eigenvalue weighted by atomic mass is 10.0. The number of fused-ring (bicyclic) bond motifs is 1. The van der Waals surface area contributed by atoms with Crippen LogP contribution in [0.5, 0.6) is 0 Å². The average Bonchev–Trinajstić information content (AvgIpc) is 2.71. The Kier molecular flexibility index (Phi) is 4.53. The van der Waals surface area contributed by atoms with Crippen LogP contribution in [0.3, 0.4) is 0 Å². The van der Waals surface area contributed by atoms with Gasteiger partial charge in [-0.3, -0.25) is 4.90 Å². The molecule has 2 atom stereocenters. The van der Waals surface area contributed by atoms with Gasteiger partial charge in [-0.2, -0.15) is 4.31 Å². The Morgan fingerprint density at radius 1 is 1.04 bits per heavy atom. The average molecular weight is 373 g/mol. The maximum absolute atomic E-state index is 12.1. The lowest BCUT2D eigenvalue weighted by Crippen LogP contribution is -2.59. The van der Waals surface area contributed by atoms with Crippen molar-refractivity contribution in [1.29, 1.82) is 0 Å². The highest BCUT2D eigenvalue weighted by Crippen LogP contribution is 2.29. The fourth-order valence-corrected chi connectivity index (χ4v) is 7.22. The van der Waals surface area contributed by atoms with Gasteiger partial charge in [-0.05, 0) is 19.4 Å². The summed E-state index contributed by atoms with van der Waals surface area (Å²) in [6, 6.07) is 5.58. The minimum absolute atomic E-state index is 0.0362. The summed E-state index contributed by atoms with van der Waals surface area (Å²) in [6.45, 7) is 5.63. The zero-order valence-corrected chi connectivity index (χ0v) is 15.9. The summed E-state index contributed by atoms with van der Waals surface area (Å²) >= 11 is 0. The molecule has 2 heterocycles. The molecule has 1 aromatic rings. The summed E-state index contributed by atoms with van der Waals surface area (Å²) in [4.78, 5) is 2.13. The van der Waals surface area contributed by atoms with Crippen LogP contribution < -0.4 is 0 Å². The van der Waals surface area contributed by atoms with E-state index in [0.717, 1.165) is 11.8 Å². The van der Waals surface area contributed by atoms with Gasteiger partial charge in [0.05, 0.1) is 23.8 Å². The third-order valence-electron chi connectivity index (χ3n) is 4.83. The molecule has 6 nitrogen and oxygen atoms in total. The second-order valence-electron chi connectivity index (χ2n) is 7.05. The molecule has 0 bridgehead atoms. The first kappa shape index (κ1) is 17.8. The molecule has 134 valence electrons. The molecule has 0 radical (unpaired) electrons. The number of rotatable bonds is 3. The molecule has 0 spiro atoms. The lowest BCUT2D eigenvalue weighted by molar-refractivity contribution is 0.0895. The second kappa shape index (κ2) is 6.09. The summed E-state index contributed by atoms with van der Waals surface area (Å²) in [5.74, 6) is -0.0391. The van der Waals surface area contributed by atoms with Gasteiger partial charge in [0, 0.05) is 25.7 Å². The monoisotopic (exact) mass is 372 g/mol. The molecule has 2 aliphatic rings. The number of hydrogen-bond donors (Lipinski definition) is 0. The standard InChI is InChI=1S/C16H24N2O4S2/c1-12-6-13(2)8-14(7-12)9-17-4-5-18(23(3,19)20)16-11-24(21,22)10-15(16)17/h6-8,15-16H,4-5,9-11H2,1-3H3/t15-,16+/m1/s1. The number of nitrogens with zero attached hydrogens (tertiary/aromatic N) is 2. The molecule has 0 amide bonds. The molecule has 2 fully saturated rings. The molecule has 0 aromatic heterocycles. The number of hydrogen-bond acceptors (Lipinski definition) is 5. The SMILES string of the molecule is Cc1cc(C)cc(CN2CCN(S(C)(=O)=O)[C@H]3CS(=O)(=O)C[C@H]32)c1. The lowest BCUT2D eigenvalue weighted by Gasteiger charge is -2.42. The van der Waals surface area contributed by atoms with Crippen LogP contribution >= 0.6 is 0 Å². The molecule has 1 aromatic carbocycles. The van der Waals surface area contributed by atoms with E-state index in [2.05, 4.69) is 23.1 Å². The minimum Gasteiger partial charge on any atom is -0.292 e. The van der Waals surface area contributed by atoms with Gasteiger partial charge in [-0.1, -0.05) is 29.3 Å². The zero-order chi connectivity index (χ0) is 17.7. The highest BCUT2D eigenvalue weighted by atomic mass is 32.2. The molecule has 24 heavy (non-hydrogen) atoms. The Hall–Kier alpha value is -0.960. The van der Waals surface area contributed by atoms with Gasteiger partial charge in [0.2, 0.25) is 10.0 Å². The van der Waals surface area contributed by atoms with Crippen LogP contribution in [0.25, 0.3) is 0 Å². The van der Waals surface area contributed by atoms with Crippen molar-refractivity contribution in [2.45, 2.75) is 32.5 Å². The summed E-state index contributed by atoms with van der Waals surface area (Å²) in [5, 5.41) is 0. The van der Waals surface area contributed by atoms with Crippen molar-refractivity contribution in [3.63, 3.8) is 0 Å². The number of aryl methyl sites for hydroxylation is 2. The molecule has 3 rings (SSSR count). The van der Waals surface area contributed by atoms with Crippen LogP contribution in [0, 0.1) is 13.8 Å². The molecule has 0 N–H and O–H groups in total. The first-order chi connectivity index (χ1) is 11.0. The van der Waals surface area contributed by atoms with Gasteiger partial charge in [0.1, 0.15) is 0 Å². The van der Waals surface area contributed by atoms with Crippen LogP contribution in [0.2, 0.25) is 0 Å². The van der Waals surface area contributed by atoms with E-state index in [9.17, 15) is 16.8 Å². The van der Waals surface area contributed by atoms with Crippen LogP contribution in [0.1, 0.15) is 16.7 Å². The molecular weight excluding hydrogens is 348 g/mol. The summed E-state index contributed by atoms with van der Waals surface area (Å²) < 4.78 is 49.6. The molecule has 0 aliphatic carbocycles. The highest BCUT2D eigenvalue weighted by Gasteiger charge is 2.49. The smallest absolute Gasteiger partial charge is 0.211 e. The quantitative estimate of drug-likeness (QED) is 0.774. The maximum atomic E-state index is 12.1. The van der Waals surface area contributed by atoms with E-state index in [1.807, 2.05) is 13.8 Å². The Bertz CT molecular complexity index is 829. The predicted octanol–water partition coefficient (Wildman–Crippen LogP) is 0.546. The molecule has 0 saturated carbocycles. The van der Waals surface area contributed by atoms with Crippen LogP contribution in [0.4, 0.5) is 0 Å². The van der Waals surface area contributed by atoms with E-state index < -0.39 is 25.9 Å². The third-order valence-corrected chi connectivity index (χ3v) is 7.84. The molecule has 8 heteroatoms. The zero-order valence-electron chi connectivity index (χ0n) is 14.3. The Morgan fingerprint density at radius 2 is 1.62 bits per heavy atom. The van der Waals surface area contributed by atoms with Crippen molar-refractivity contribution in [2.24, 2.45) is 0 Å². The predicted molar refractivity (Wildman–Crippen MR) is 94.1 cm³/mol. The van der Waals surface area contributed by atoms with Crippen molar-refractivity contribution < 1.29 is 16.8 Å². The normalized spacial score (nSPS) is 28.0. The number of sulfonamides is 1. The fourth-order valence-electron chi connectivity index (χ4n) is 4.00. The molecule has 2 aliphatic heterocycles. The fraction of sp³-hybridized carbons (Fsp3) is 0.625. The van der Waals surface area contributed by atoms with Crippen LogP contribution in [0.15, 0.2) is 18.2 Å². The van der Waals surface area contributed by atoms with E-state index in [0.29, 0.717) is 19.6 Å². The topological polar surface area (TPSA) is 74.8 Å². The Balaban J connectivity index is 1.88. The van der Waals surface area contributed by atoms with E-state index >= 15 is 0 Å². The summed E-state index contributed by atoms with van der Waals surface area (Å²) in [6.07, 6.45) is 1.16. The van der Waals surface area contributed by atoms with Crippen molar-refractivity contribution >= 4 is 19.9 Å². The number of sulfone groups is 1. The molecule has 0 unspecified atom stereocenters. The van der Waals surface area contributed by atoms with Crippen molar-refractivity contribution in [3.05, 3.63) is 34.9 Å². The van der Waals surface area contributed by atoms with Gasteiger partial charge in [0.15, 0.2) is 9.84 Å². The minimum atomic E-state index is -3.40. The highest BCUT2D eigenvalue weighted by molar-refractivity contribution is 7.92. The van der Waals surface area contributed by atoms with E-state index in [1.54, 1.807) is 0 Å². The number of benzene rings is 1. The summed E-state index contributed by atoms with van der Waals surface area (Å²) in [7, 11) is -6.61. The van der Waals surface area contributed by atoms with Gasteiger partial charge >= 0.3 is 0 Å². The van der Waals surface area contributed by atoms with E-state index in [1.165, 1.54) is 15.4 Å². The van der Waals surface area contributed by atoms with Crippen molar-refractivity contribution in [1.82, 2.24) is 9.21 Å². The van der Waals surface area contributed by atoms with E-state index in [4.69, 9.17) is 0 Å². The van der Waals surface area contributed by atoms with Crippen LogP contribution in [-0.2, 0) is 26.4 Å². The molecular formula is C16H24N2O4S2. The van der Waals surface area contributed by atoms with E-state index in [-0.39, 0.29) is 17.5 Å². The molecule has 2 saturated heterocycles. The summed E-state index contributed by atoms with van der Waals surface area (Å²) in [5.41, 5.74) is 3.49.